The van der Waals surface area contributed by atoms with Gasteiger partial charge in [-0.3, -0.25) is 0 Å². The fourth-order valence-corrected chi connectivity index (χ4v) is 1.57. The number of unbranched alkanes of at least 4 members (excludes halogenated alkanes) is 1. The maximum absolute atomic E-state index is 4.19. The summed E-state index contributed by atoms with van der Waals surface area (Å²) in [7, 11) is 0. The Bertz CT molecular complexity index is 248. The first-order valence-corrected chi connectivity index (χ1v) is 5.85. The molecule has 1 N–H and O–H groups in total. The van der Waals surface area contributed by atoms with Gasteiger partial charge in [-0.05, 0) is 18.9 Å². The number of nitrogens with one attached hydrogen (secondary N) is 1. The van der Waals surface area contributed by atoms with Gasteiger partial charge in [-0.2, -0.15) is 0 Å². The van der Waals surface area contributed by atoms with E-state index in [4.69, 9.17) is 0 Å². The van der Waals surface area contributed by atoms with Crippen LogP contribution >= 0.6 is 0 Å². The standard InChI is InChI=1S/C12H21N3/c1-3-5-6-11(4-2)14-9-12-7-8-13-10-15-12/h7-8,10-11,14H,3-6,9H2,1-2H3. The molecule has 0 fully saturated rings. The van der Waals surface area contributed by atoms with Crippen LogP contribution in [0.25, 0.3) is 0 Å². The summed E-state index contributed by atoms with van der Waals surface area (Å²) >= 11 is 0. The van der Waals surface area contributed by atoms with Crippen LogP contribution in [0.5, 0.6) is 0 Å². The van der Waals surface area contributed by atoms with Crippen molar-refractivity contribution in [1.29, 1.82) is 0 Å². The molecule has 15 heavy (non-hydrogen) atoms. The number of nitrogens with zero attached hydrogens (tertiary/aromatic N) is 2. The van der Waals surface area contributed by atoms with Gasteiger partial charge in [0.2, 0.25) is 0 Å². The van der Waals surface area contributed by atoms with Gasteiger partial charge in [0.15, 0.2) is 0 Å². The third kappa shape index (κ3) is 4.88. The van der Waals surface area contributed by atoms with E-state index in [1.54, 1.807) is 12.5 Å². The molecular weight excluding hydrogens is 186 g/mol. The van der Waals surface area contributed by atoms with Crippen LogP contribution < -0.4 is 5.32 Å². The number of hydrogen-bond donors (Lipinski definition) is 1. The Morgan fingerprint density at radius 1 is 1.40 bits per heavy atom. The minimum Gasteiger partial charge on any atom is -0.308 e. The summed E-state index contributed by atoms with van der Waals surface area (Å²) in [6.07, 6.45) is 8.41. The van der Waals surface area contributed by atoms with Crippen molar-refractivity contribution >= 4 is 0 Å². The van der Waals surface area contributed by atoms with Crippen LogP contribution in [0.1, 0.15) is 45.2 Å². The van der Waals surface area contributed by atoms with E-state index in [1.807, 2.05) is 6.07 Å². The Morgan fingerprint density at radius 2 is 2.27 bits per heavy atom. The van der Waals surface area contributed by atoms with E-state index >= 15 is 0 Å². The highest BCUT2D eigenvalue weighted by Crippen LogP contribution is 2.04. The van der Waals surface area contributed by atoms with Crippen LogP contribution in [0.4, 0.5) is 0 Å². The van der Waals surface area contributed by atoms with E-state index in [9.17, 15) is 0 Å². The summed E-state index contributed by atoms with van der Waals surface area (Å²) in [6, 6.07) is 2.58. The summed E-state index contributed by atoms with van der Waals surface area (Å²) in [6.45, 7) is 5.31. The molecule has 3 heteroatoms. The van der Waals surface area contributed by atoms with Crippen molar-refractivity contribution in [3.8, 4) is 0 Å². The monoisotopic (exact) mass is 207 g/mol. The van der Waals surface area contributed by atoms with Crippen LogP contribution in [0.3, 0.4) is 0 Å². The lowest BCUT2D eigenvalue weighted by molar-refractivity contribution is 0.449. The molecule has 0 radical (unpaired) electrons. The number of aromatic nitrogens is 2. The Hall–Kier alpha value is -0.960. The average Bonchev–Trinajstić information content (AvgIpc) is 2.31. The third-order valence-electron chi connectivity index (χ3n) is 2.61. The van der Waals surface area contributed by atoms with Gasteiger partial charge in [0.1, 0.15) is 6.33 Å². The number of hydrogen-bond acceptors (Lipinski definition) is 3. The first kappa shape index (κ1) is 12.1. The summed E-state index contributed by atoms with van der Waals surface area (Å²) in [5, 5.41) is 3.53. The molecule has 1 heterocycles. The molecule has 0 aliphatic rings. The van der Waals surface area contributed by atoms with E-state index in [-0.39, 0.29) is 0 Å². The maximum Gasteiger partial charge on any atom is 0.115 e. The van der Waals surface area contributed by atoms with E-state index in [0.29, 0.717) is 6.04 Å². The van der Waals surface area contributed by atoms with Crippen molar-refractivity contribution in [2.45, 2.75) is 52.1 Å². The van der Waals surface area contributed by atoms with Crippen LogP contribution in [-0.2, 0) is 6.54 Å². The molecule has 84 valence electrons. The van der Waals surface area contributed by atoms with E-state index in [1.165, 1.54) is 25.7 Å². The van der Waals surface area contributed by atoms with Gasteiger partial charge < -0.3 is 5.32 Å². The Balaban J connectivity index is 2.28. The second-order valence-corrected chi connectivity index (χ2v) is 3.83. The first-order chi connectivity index (χ1) is 7.36. The normalized spacial score (nSPS) is 12.7. The zero-order chi connectivity index (χ0) is 10.9. The predicted molar refractivity (Wildman–Crippen MR) is 62.5 cm³/mol. The van der Waals surface area contributed by atoms with Gasteiger partial charge in [-0.1, -0.05) is 26.7 Å². The summed E-state index contributed by atoms with van der Waals surface area (Å²) in [5.74, 6) is 0. The van der Waals surface area contributed by atoms with Gasteiger partial charge in [-0.25, -0.2) is 9.97 Å². The molecule has 0 saturated heterocycles. The molecule has 0 aromatic carbocycles. The van der Waals surface area contributed by atoms with Crippen molar-refractivity contribution in [2.75, 3.05) is 0 Å². The molecule has 0 aliphatic carbocycles. The molecular formula is C12H21N3. The zero-order valence-corrected chi connectivity index (χ0v) is 9.74. The van der Waals surface area contributed by atoms with Crippen molar-refractivity contribution in [3.05, 3.63) is 24.3 Å². The molecule has 3 nitrogen and oxygen atoms in total. The first-order valence-electron chi connectivity index (χ1n) is 5.85. The van der Waals surface area contributed by atoms with E-state index in [0.717, 1.165) is 12.2 Å². The SMILES string of the molecule is CCCCC(CC)NCc1ccncn1. The van der Waals surface area contributed by atoms with E-state index in [2.05, 4.69) is 29.1 Å². The number of rotatable bonds is 7. The molecule has 0 bridgehead atoms. The minimum absolute atomic E-state index is 0.625. The highest BCUT2D eigenvalue weighted by atomic mass is 14.9. The zero-order valence-electron chi connectivity index (χ0n) is 9.74. The highest BCUT2D eigenvalue weighted by molar-refractivity contribution is 4.97. The molecule has 1 unspecified atom stereocenters. The second kappa shape index (κ2) is 7.35. The molecule has 1 aromatic rings. The van der Waals surface area contributed by atoms with Crippen LogP contribution in [0.15, 0.2) is 18.6 Å². The lowest BCUT2D eigenvalue weighted by Gasteiger charge is -2.15. The lowest BCUT2D eigenvalue weighted by atomic mass is 10.1. The maximum atomic E-state index is 4.19. The minimum atomic E-state index is 0.625. The molecule has 1 rings (SSSR count). The van der Waals surface area contributed by atoms with E-state index < -0.39 is 0 Å². The van der Waals surface area contributed by atoms with Crippen molar-refractivity contribution in [3.63, 3.8) is 0 Å². The Kier molecular flexibility index (Phi) is 5.93. The Morgan fingerprint density at radius 3 is 2.87 bits per heavy atom. The fraction of sp³-hybridized carbons (Fsp3) is 0.667. The molecule has 0 spiro atoms. The van der Waals surface area contributed by atoms with Gasteiger partial charge in [0.25, 0.3) is 0 Å². The van der Waals surface area contributed by atoms with Gasteiger partial charge in [0, 0.05) is 18.8 Å². The lowest BCUT2D eigenvalue weighted by Crippen LogP contribution is -2.28. The van der Waals surface area contributed by atoms with Crippen LogP contribution in [0.2, 0.25) is 0 Å². The van der Waals surface area contributed by atoms with Crippen LogP contribution in [-0.4, -0.2) is 16.0 Å². The average molecular weight is 207 g/mol. The smallest absolute Gasteiger partial charge is 0.115 e. The summed E-state index contributed by atoms with van der Waals surface area (Å²) in [4.78, 5) is 8.10. The van der Waals surface area contributed by atoms with Gasteiger partial charge in [-0.15, -0.1) is 0 Å². The second-order valence-electron chi connectivity index (χ2n) is 3.83. The highest BCUT2D eigenvalue weighted by Gasteiger charge is 2.04. The predicted octanol–water partition coefficient (Wildman–Crippen LogP) is 2.54. The largest absolute Gasteiger partial charge is 0.308 e. The summed E-state index contributed by atoms with van der Waals surface area (Å²) < 4.78 is 0. The van der Waals surface area contributed by atoms with Gasteiger partial charge >= 0.3 is 0 Å². The summed E-state index contributed by atoms with van der Waals surface area (Å²) in [5.41, 5.74) is 1.07. The third-order valence-corrected chi connectivity index (χ3v) is 2.61. The fourth-order valence-electron chi connectivity index (χ4n) is 1.57. The molecule has 1 aromatic heterocycles. The molecule has 0 aliphatic heterocycles. The quantitative estimate of drug-likeness (QED) is 0.746. The molecule has 0 saturated carbocycles. The molecule has 0 amide bonds. The molecule has 1 atom stereocenters. The van der Waals surface area contributed by atoms with Crippen molar-refractivity contribution < 1.29 is 0 Å². The topological polar surface area (TPSA) is 37.8 Å². The van der Waals surface area contributed by atoms with Gasteiger partial charge in [0.05, 0.1) is 5.69 Å². The van der Waals surface area contributed by atoms with Crippen molar-refractivity contribution in [2.24, 2.45) is 0 Å². The Labute approximate surface area is 92.3 Å². The van der Waals surface area contributed by atoms with Crippen molar-refractivity contribution in [1.82, 2.24) is 15.3 Å². The van der Waals surface area contributed by atoms with Crippen LogP contribution in [0, 0.1) is 0 Å².